The number of hydrogen-bond acceptors (Lipinski definition) is 2. The Morgan fingerprint density at radius 2 is 2.27 bits per heavy atom. The van der Waals surface area contributed by atoms with Gasteiger partial charge in [0.2, 0.25) is 0 Å². The summed E-state index contributed by atoms with van der Waals surface area (Å²) in [5.41, 5.74) is 2.80. The maximum Gasteiger partial charge on any atom is 0.0456 e. The van der Waals surface area contributed by atoms with Crippen LogP contribution in [0.3, 0.4) is 0 Å². The van der Waals surface area contributed by atoms with Gasteiger partial charge in [0, 0.05) is 36.4 Å². The quantitative estimate of drug-likeness (QED) is 0.753. The van der Waals surface area contributed by atoms with Gasteiger partial charge < -0.3 is 10.2 Å². The number of halogens is 2. The number of benzene rings is 1. The lowest BCUT2D eigenvalue weighted by Crippen LogP contribution is -2.49. The maximum atomic E-state index is 6.01. The number of nitrogens with zero attached hydrogens (tertiary/aromatic N) is 1. The predicted molar refractivity (Wildman–Crippen MR) is 66.4 cm³/mol. The van der Waals surface area contributed by atoms with Crippen LogP contribution >= 0.6 is 24.0 Å². The molecule has 1 fully saturated rings. The fourth-order valence-corrected chi connectivity index (χ4v) is 2.66. The molecule has 2 aliphatic heterocycles. The van der Waals surface area contributed by atoms with Crippen molar-refractivity contribution in [3.8, 4) is 0 Å². The maximum absolute atomic E-state index is 6.01. The van der Waals surface area contributed by atoms with Crippen LogP contribution in [-0.2, 0) is 6.42 Å². The van der Waals surface area contributed by atoms with Gasteiger partial charge in [-0.15, -0.1) is 12.4 Å². The van der Waals surface area contributed by atoms with E-state index in [4.69, 9.17) is 11.6 Å². The zero-order valence-corrected chi connectivity index (χ0v) is 9.94. The molecular weight excluding hydrogens is 231 g/mol. The molecule has 1 atom stereocenters. The number of hydrogen-bond donors (Lipinski definition) is 1. The third-order valence-corrected chi connectivity index (χ3v) is 3.40. The van der Waals surface area contributed by atoms with E-state index in [1.807, 2.05) is 6.07 Å². The van der Waals surface area contributed by atoms with E-state index in [-0.39, 0.29) is 12.4 Å². The van der Waals surface area contributed by atoms with Gasteiger partial charge in [-0.05, 0) is 24.1 Å². The molecule has 1 aromatic rings. The van der Waals surface area contributed by atoms with Gasteiger partial charge in [0.1, 0.15) is 0 Å². The van der Waals surface area contributed by atoms with Gasteiger partial charge >= 0.3 is 0 Å². The summed E-state index contributed by atoms with van der Waals surface area (Å²) in [6, 6.07) is 6.90. The minimum absolute atomic E-state index is 0. The number of fused-ring (bicyclic) bond motifs is 3. The van der Waals surface area contributed by atoms with Crippen molar-refractivity contribution in [1.29, 1.82) is 0 Å². The highest BCUT2D eigenvalue weighted by molar-refractivity contribution is 6.30. The highest BCUT2D eigenvalue weighted by Gasteiger charge is 2.30. The molecule has 0 aromatic heterocycles. The summed E-state index contributed by atoms with van der Waals surface area (Å²) in [5.74, 6) is 0. The molecule has 0 amide bonds. The van der Waals surface area contributed by atoms with Crippen molar-refractivity contribution in [2.24, 2.45) is 0 Å². The summed E-state index contributed by atoms with van der Waals surface area (Å²) < 4.78 is 0. The lowest BCUT2D eigenvalue weighted by Gasteiger charge is -2.32. The van der Waals surface area contributed by atoms with E-state index < -0.39 is 0 Å². The lowest BCUT2D eigenvalue weighted by molar-refractivity contribution is 0.495. The van der Waals surface area contributed by atoms with Gasteiger partial charge in [-0.2, -0.15) is 0 Å². The van der Waals surface area contributed by atoms with Crippen LogP contribution in [0.5, 0.6) is 0 Å². The first-order valence-corrected chi connectivity index (χ1v) is 5.48. The number of rotatable bonds is 0. The van der Waals surface area contributed by atoms with E-state index in [0.29, 0.717) is 6.04 Å². The van der Waals surface area contributed by atoms with Crippen LogP contribution in [-0.4, -0.2) is 25.7 Å². The van der Waals surface area contributed by atoms with E-state index in [9.17, 15) is 0 Å². The van der Waals surface area contributed by atoms with Gasteiger partial charge in [0.25, 0.3) is 0 Å². The molecule has 0 radical (unpaired) electrons. The molecule has 0 unspecified atom stereocenters. The average molecular weight is 245 g/mol. The molecular formula is C11H14Cl2N2. The van der Waals surface area contributed by atoms with Gasteiger partial charge in [-0.25, -0.2) is 0 Å². The Labute approximate surface area is 101 Å². The second-order valence-corrected chi connectivity index (χ2v) is 4.46. The summed E-state index contributed by atoms with van der Waals surface area (Å²) in [6.07, 6.45) is 1.17. The Hall–Kier alpha value is -0.440. The van der Waals surface area contributed by atoms with Crippen molar-refractivity contribution in [3.05, 3.63) is 28.8 Å². The van der Waals surface area contributed by atoms with Crippen LogP contribution in [0.25, 0.3) is 0 Å². The highest BCUT2D eigenvalue weighted by Crippen LogP contribution is 2.34. The average Bonchev–Trinajstić information content (AvgIpc) is 2.56. The van der Waals surface area contributed by atoms with Gasteiger partial charge in [0.15, 0.2) is 0 Å². The first kappa shape index (κ1) is 11.1. The lowest BCUT2D eigenvalue weighted by atomic mass is 10.1. The molecule has 1 N–H and O–H groups in total. The second kappa shape index (κ2) is 4.20. The standard InChI is InChI=1S/C11H13ClN2.ClH/c12-9-2-1-8-5-10-7-13-3-4-14(10)11(8)6-9;/h1-2,6,10,13H,3-5,7H2;1H/t10-;/m1./s1. The van der Waals surface area contributed by atoms with Gasteiger partial charge in [-0.3, -0.25) is 0 Å². The third-order valence-electron chi connectivity index (χ3n) is 3.16. The molecule has 0 aliphatic carbocycles. The van der Waals surface area contributed by atoms with Gasteiger partial charge in [0.05, 0.1) is 0 Å². The summed E-state index contributed by atoms with van der Waals surface area (Å²) in [5, 5.41) is 4.28. The Morgan fingerprint density at radius 1 is 1.40 bits per heavy atom. The summed E-state index contributed by atoms with van der Waals surface area (Å²) >= 11 is 6.01. The number of piperazine rings is 1. The summed E-state index contributed by atoms with van der Waals surface area (Å²) in [7, 11) is 0. The minimum atomic E-state index is 0. The molecule has 4 heteroatoms. The minimum Gasteiger partial charge on any atom is -0.365 e. The first-order chi connectivity index (χ1) is 6.84. The van der Waals surface area contributed by atoms with Crippen LogP contribution in [0.15, 0.2) is 18.2 Å². The van der Waals surface area contributed by atoms with E-state index in [1.165, 1.54) is 17.7 Å². The topological polar surface area (TPSA) is 15.3 Å². The molecule has 1 aromatic carbocycles. The molecule has 2 aliphatic rings. The van der Waals surface area contributed by atoms with Crippen LogP contribution in [0.2, 0.25) is 5.02 Å². The van der Waals surface area contributed by atoms with Gasteiger partial charge in [-0.1, -0.05) is 17.7 Å². The van der Waals surface area contributed by atoms with Crippen molar-refractivity contribution in [3.63, 3.8) is 0 Å². The predicted octanol–water partition coefficient (Wildman–Crippen LogP) is 2.10. The van der Waals surface area contributed by atoms with E-state index in [2.05, 4.69) is 22.3 Å². The molecule has 0 bridgehead atoms. The fourth-order valence-electron chi connectivity index (χ4n) is 2.49. The molecule has 0 spiro atoms. The van der Waals surface area contributed by atoms with Crippen LogP contribution < -0.4 is 10.2 Å². The van der Waals surface area contributed by atoms with E-state index in [1.54, 1.807) is 0 Å². The highest BCUT2D eigenvalue weighted by atomic mass is 35.5. The summed E-state index contributed by atoms with van der Waals surface area (Å²) in [4.78, 5) is 2.48. The van der Waals surface area contributed by atoms with Crippen molar-refractivity contribution < 1.29 is 0 Å². The van der Waals surface area contributed by atoms with Crippen molar-refractivity contribution in [2.75, 3.05) is 24.5 Å². The SMILES string of the molecule is Cl.Clc1ccc2c(c1)N1CCNC[C@H]1C2. The Morgan fingerprint density at radius 3 is 3.13 bits per heavy atom. The number of anilines is 1. The zero-order chi connectivity index (χ0) is 9.54. The van der Waals surface area contributed by atoms with Crippen molar-refractivity contribution in [2.45, 2.75) is 12.5 Å². The Bertz CT molecular complexity index is 368. The number of nitrogens with one attached hydrogen (secondary N) is 1. The van der Waals surface area contributed by atoms with E-state index >= 15 is 0 Å². The second-order valence-electron chi connectivity index (χ2n) is 4.03. The van der Waals surface area contributed by atoms with Crippen molar-refractivity contribution >= 4 is 29.7 Å². The van der Waals surface area contributed by atoms with Crippen LogP contribution in [0.4, 0.5) is 5.69 Å². The summed E-state index contributed by atoms with van der Waals surface area (Å²) in [6.45, 7) is 3.30. The Balaban J connectivity index is 0.000000853. The molecule has 15 heavy (non-hydrogen) atoms. The molecule has 0 saturated carbocycles. The molecule has 3 rings (SSSR count). The molecule has 2 nitrogen and oxygen atoms in total. The third kappa shape index (κ3) is 1.82. The smallest absolute Gasteiger partial charge is 0.0456 e. The van der Waals surface area contributed by atoms with E-state index in [0.717, 1.165) is 24.7 Å². The normalized spacial score (nSPS) is 23.0. The molecule has 82 valence electrons. The largest absolute Gasteiger partial charge is 0.365 e. The molecule has 2 heterocycles. The van der Waals surface area contributed by atoms with Crippen LogP contribution in [0.1, 0.15) is 5.56 Å². The van der Waals surface area contributed by atoms with Crippen LogP contribution in [0, 0.1) is 0 Å². The van der Waals surface area contributed by atoms with Crippen molar-refractivity contribution in [1.82, 2.24) is 5.32 Å². The zero-order valence-electron chi connectivity index (χ0n) is 8.37. The monoisotopic (exact) mass is 244 g/mol. The first-order valence-electron chi connectivity index (χ1n) is 5.10. The fraction of sp³-hybridized carbons (Fsp3) is 0.455. The molecule has 1 saturated heterocycles. The Kier molecular flexibility index (Phi) is 3.10.